The first-order chi connectivity index (χ1) is 12.8. The second kappa shape index (κ2) is 10.2. The van der Waals surface area contributed by atoms with Crippen molar-refractivity contribution < 1.29 is 18.9 Å². The van der Waals surface area contributed by atoms with Gasteiger partial charge in [-0.1, -0.05) is 6.07 Å². The van der Waals surface area contributed by atoms with E-state index in [4.69, 9.17) is 18.9 Å². The third kappa shape index (κ3) is 5.78. The van der Waals surface area contributed by atoms with Crippen molar-refractivity contribution in [3.8, 4) is 11.5 Å². The van der Waals surface area contributed by atoms with Crippen molar-refractivity contribution in [3.05, 3.63) is 23.8 Å². The van der Waals surface area contributed by atoms with E-state index in [0.29, 0.717) is 19.4 Å². The highest BCUT2D eigenvalue weighted by Crippen LogP contribution is 2.32. The van der Waals surface area contributed by atoms with Crippen molar-refractivity contribution in [2.24, 2.45) is 4.99 Å². The van der Waals surface area contributed by atoms with Crippen molar-refractivity contribution in [3.63, 3.8) is 0 Å². The molecule has 0 unspecified atom stereocenters. The Morgan fingerprint density at radius 3 is 2.88 bits per heavy atom. The third-order valence-electron chi connectivity index (χ3n) is 4.34. The minimum Gasteiger partial charge on any atom is -0.454 e. The molecule has 2 N–H and O–H groups in total. The highest BCUT2D eigenvalue weighted by molar-refractivity contribution is 5.79. The molecule has 1 saturated heterocycles. The van der Waals surface area contributed by atoms with Gasteiger partial charge in [0.05, 0.1) is 12.6 Å². The molecule has 144 valence electrons. The number of fused-ring (bicyclic) bond motifs is 1. The number of ether oxygens (including phenoxy) is 4. The molecule has 1 fully saturated rings. The normalized spacial score (nSPS) is 17.3. The van der Waals surface area contributed by atoms with E-state index in [1.807, 2.05) is 18.2 Å². The average Bonchev–Trinajstić information content (AvgIpc) is 3.14. The summed E-state index contributed by atoms with van der Waals surface area (Å²) >= 11 is 0. The van der Waals surface area contributed by atoms with Crippen molar-refractivity contribution in [1.82, 2.24) is 10.6 Å². The van der Waals surface area contributed by atoms with Gasteiger partial charge < -0.3 is 29.6 Å². The SMILES string of the molecule is CCNC(=NCc1ccc2c(c1)OCO2)NCCCOC1CCOCC1. The van der Waals surface area contributed by atoms with Crippen LogP contribution in [0.15, 0.2) is 23.2 Å². The van der Waals surface area contributed by atoms with Gasteiger partial charge in [-0.05, 0) is 43.9 Å². The molecule has 1 aromatic carbocycles. The zero-order chi connectivity index (χ0) is 18.0. The summed E-state index contributed by atoms with van der Waals surface area (Å²) in [5, 5.41) is 6.63. The van der Waals surface area contributed by atoms with Crippen LogP contribution in [0.4, 0.5) is 0 Å². The summed E-state index contributed by atoms with van der Waals surface area (Å²) in [4.78, 5) is 4.64. The van der Waals surface area contributed by atoms with Crippen LogP contribution in [0, 0.1) is 0 Å². The lowest BCUT2D eigenvalue weighted by atomic mass is 10.1. The fourth-order valence-corrected chi connectivity index (χ4v) is 2.92. The predicted molar refractivity (Wildman–Crippen MR) is 99.8 cm³/mol. The van der Waals surface area contributed by atoms with Gasteiger partial charge in [0.25, 0.3) is 0 Å². The van der Waals surface area contributed by atoms with E-state index < -0.39 is 0 Å². The van der Waals surface area contributed by atoms with Crippen molar-refractivity contribution in [2.45, 2.75) is 38.8 Å². The predicted octanol–water partition coefficient (Wildman–Crippen LogP) is 2.06. The van der Waals surface area contributed by atoms with E-state index >= 15 is 0 Å². The molecule has 26 heavy (non-hydrogen) atoms. The first-order valence-corrected chi connectivity index (χ1v) is 9.45. The molecule has 0 atom stereocenters. The molecule has 0 radical (unpaired) electrons. The van der Waals surface area contributed by atoms with Crippen LogP contribution in [0.5, 0.6) is 11.5 Å². The molecule has 7 nitrogen and oxygen atoms in total. The maximum atomic E-state index is 5.89. The Morgan fingerprint density at radius 1 is 1.19 bits per heavy atom. The zero-order valence-corrected chi connectivity index (χ0v) is 15.5. The maximum Gasteiger partial charge on any atom is 0.231 e. The second-order valence-corrected chi connectivity index (χ2v) is 6.35. The summed E-state index contributed by atoms with van der Waals surface area (Å²) in [7, 11) is 0. The first-order valence-electron chi connectivity index (χ1n) is 9.45. The van der Waals surface area contributed by atoms with Crippen LogP contribution in [-0.2, 0) is 16.0 Å². The number of nitrogens with one attached hydrogen (secondary N) is 2. The number of aliphatic imine (C=N–C) groups is 1. The maximum absolute atomic E-state index is 5.89. The van der Waals surface area contributed by atoms with Crippen LogP contribution >= 0.6 is 0 Å². The van der Waals surface area contributed by atoms with Crippen LogP contribution in [0.2, 0.25) is 0 Å². The Hall–Kier alpha value is -1.99. The lowest BCUT2D eigenvalue weighted by Gasteiger charge is -2.22. The minimum absolute atomic E-state index is 0.294. The minimum atomic E-state index is 0.294. The van der Waals surface area contributed by atoms with E-state index in [1.165, 1.54) is 0 Å². The number of guanidine groups is 1. The lowest BCUT2D eigenvalue weighted by Crippen LogP contribution is -2.38. The van der Waals surface area contributed by atoms with Gasteiger partial charge in [-0.3, -0.25) is 0 Å². The van der Waals surface area contributed by atoms with Gasteiger partial charge in [0.15, 0.2) is 17.5 Å². The fourth-order valence-electron chi connectivity index (χ4n) is 2.92. The molecule has 1 aromatic rings. The summed E-state index contributed by atoms with van der Waals surface area (Å²) in [6.07, 6.45) is 3.32. The van der Waals surface area contributed by atoms with Crippen LogP contribution in [0.1, 0.15) is 31.7 Å². The van der Waals surface area contributed by atoms with Crippen LogP contribution in [0.25, 0.3) is 0 Å². The quantitative estimate of drug-likeness (QED) is 0.418. The van der Waals surface area contributed by atoms with Gasteiger partial charge in [-0.15, -0.1) is 0 Å². The summed E-state index contributed by atoms with van der Waals surface area (Å²) < 4.78 is 22.0. The molecular formula is C19H29N3O4. The molecule has 0 bridgehead atoms. The third-order valence-corrected chi connectivity index (χ3v) is 4.34. The monoisotopic (exact) mass is 363 g/mol. The van der Waals surface area contributed by atoms with Crippen LogP contribution in [0.3, 0.4) is 0 Å². The summed E-state index contributed by atoms with van der Waals surface area (Å²) in [6, 6.07) is 5.93. The summed E-state index contributed by atoms with van der Waals surface area (Å²) in [6.45, 7) is 7.00. The highest BCUT2D eigenvalue weighted by atomic mass is 16.7. The summed E-state index contributed by atoms with van der Waals surface area (Å²) in [5.41, 5.74) is 1.09. The molecule has 0 amide bonds. The van der Waals surface area contributed by atoms with Crippen LogP contribution in [-0.4, -0.2) is 51.8 Å². The first kappa shape index (κ1) is 18.8. The van der Waals surface area contributed by atoms with Crippen molar-refractivity contribution in [2.75, 3.05) is 39.7 Å². The Balaban J connectivity index is 1.39. The Kier molecular flexibility index (Phi) is 7.39. The number of nitrogens with zero attached hydrogens (tertiary/aromatic N) is 1. The zero-order valence-electron chi connectivity index (χ0n) is 15.5. The molecule has 2 aliphatic heterocycles. The van der Waals surface area contributed by atoms with E-state index in [1.54, 1.807) is 0 Å². The molecule has 0 aromatic heterocycles. The van der Waals surface area contributed by atoms with E-state index in [9.17, 15) is 0 Å². The van der Waals surface area contributed by atoms with Gasteiger partial charge in [0.1, 0.15) is 0 Å². The topological polar surface area (TPSA) is 73.3 Å². The van der Waals surface area contributed by atoms with E-state index in [-0.39, 0.29) is 0 Å². The standard InChI is InChI=1S/C19H29N3O4/c1-2-20-19(21-8-3-9-24-16-6-10-23-11-7-16)22-13-15-4-5-17-18(12-15)26-14-25-17/h4-5,12,16H,2-3,6-11,13-14H2,1H3,(H2,20,21,22). The summed E-state index contributed by atoms with van der Waals surface area (Å²) in [5.74, 6) is 2.41. The lowest BCUT2D eigenvalue weighted by molar-refractivity contribution is -0.0320. The molecule has 0 spiro atoms. The van der Waals surface area contributed by atoms with Crippen molar-refractivity contribution >= 4 is 5.96 Å². The molecule has 0 saturated carbocycles. The molecule has 0 aliphatic carbocycles. The Morgan fingerprint density at radius 2 is 2.04 bits per heavy atom. The van der Waals surface area contributed by atoms with Gasteiger partial charge in [0, 0.05) is 32.9 Å². The smallest absolute Gasteiger partial charge is 0.231 e. The Bertz CT molecular complexity index is 588. The molecule has 2 heterocycles. The molecule has 3 rings (SSSR count). The number of hydrogen-bond acceptors (Lipinski definition) is 5. The fraction of sp³-hybridized carbons (Fsp3) is 0.632. The van der Waals surface area contributed by atoms with Gasteiger partial charge >= 0.3 is 0 Å². The van der Waals surface area contributed by atoms with Gasteiger partial charge in [0.2, 0.25) is 6.79 Å². The number of benzene rings is 1. The molecular weight excluding hydrogens is 334 g/mol. The van der Waals surface area contributed by atoms with Gasteiger partial charge in [-0.25, -0.2) is 4.99 Å². The highest BCUT2D eigenvalue weighted by Gasteiger charge is 2.14. The van der Waals surface area contributed by atoms with Crippen LogP contribution < -0.4 is 20.1 Å². The average molecular weight is 363 g/mol. The number of hydrogen-bond donors (Lipinski definition) is 2. The van der Waals surface area contributed by atoms with E-state index in [2.05, 4.69) is 22.5 Å². The van der Waals surface area contributed by atoms with Gasteiger partial charge in [-0.2, -0.15) is 0 Å². The largest absolute Gasteiger partial charge is 0.454 e. The van der Waals surface area contributed by atoms with Crippen molar-refractivity contribution in [1.29, 1.82) is 0 Å². The molecule has 7 heteroatoms. The second-order valence-electron chi connectivity index (χ2n) is 6.35. The number of rotatable bonds is 8. The molecule has 2 aliphatic rings. The van der Waals surface area contributed by atoms with E-state index in [0.717, 1.165) is 75.2 Å². The Labute approximate surface area is 155 Å².